The van der Waals surface area contributed by atoms with Crippen molar-refractivity contribution >= 4 is 29.9 Å². The Hall–Kier alpha value is -0.120. The monoisotopic (exact) mass is 496 g/mol. The molecule has 0 aromatic heterocycles. The predicted molar refractivity (Wildman–Crippen MR) is 130 cm³/mol. The Labute approximate surface area is 185 Å². The van der Waals surface area contributed by atoms with Gasteiger partial charge in [0.25, 0.3) is 0 Å². The summed E-state index contributed by atoms with van der Waals surface area (Å²) in [5, 5.41) is 6.88. The van der Waals surface area contributed by atoms with E-state index in [9.17, 15) is 0 Å². The molecule has 1 aliphatic rings. The van der Waals surface area contributed by atoms with Gasteiger partial charge in [0.05, 0.1) is 0 Å². The van der Waals surface area contributed by atoms with Crippen LogP contribution in [-0.4, -0.2) is 98.7 Å². The van der Waals surface area contributed by atoms with Crippen molar-refractivity contribution in [2.75, 3.05) is 66.0 Å². The third kappa shape index (κ3) is 12.1. The van der Waals surface area contributed by atoms with Crippen molar-refractivity contribution in [2.45, 2.75) is 59.5 Å². The van der Waals surface area contributed by atoms with Crippen LogP contribution in [0.15, 0.2) is 4.99 Å². The molecule has 27 heavy (non-hydrogen) atoms. The zero-order valence-corrected chi connectivity index (χ0v) is 21.0. The van der Waals surface area contributed by atoms with Crippen molar-refractivity contribution in [3.63, 3.8) is 0 Å². The van der Waals surface area contributed by atoms with Crippen LogP contribution in [0.25, 0.3) is 0 Å². The molecule has 1 heterocycles. The predicted octanol–water partition coefficient (Wildman–Crippen LogP) is 2.31. The second-order valence-electron chi connectivity index (χ2n) is 7.96. The Bertz CT molecular complexity index is 381. The van der Waals surface area contributed by atoms with Gasteiger partial charge in [-0.1, -0.05) is 0 Å². The number of aliphatic imine (C=N–C) groups is 1. The van der Waals surface area contributed by atoms with Crippen molar-refractivity contribution < 1.29 is 0 Å². The first kappa shape index (κ1) is 26.9. The van der Waals surface area contributed by atoms with E-state index < -0.39 is 0 Å². The molecule has 0 radical (unpaired) electrons. The van der Waals surface area contributed by atoms with E-state index in [1.165, 1.54) is 32.6 Å². The van der Waals surface area contributed by atoms with Gasteiger partial charge >= 0.3 is 0 Å². The molecule has 1 rings (SSSR count). The molecule has 1 saturated heterocycles. The number of nitrogens with one attached hydrogen (secondary N) is 2. The van der Waals surface area contributed by atoms with E-state index in [4.69, 9.17) is 4.99 Å². The Morgan fingerprint density at radius 3 is 2.37 bits per heavy atom. The van der Waals surface area contributed by atoms with E-state index in [1.807, 2.05) is 0 Å². The summed E-state index contributed by atoms with van der Waals surface area (Å²) in [7, 11) is 2.22. The van der Waals surface area contributed by atoms with Crippen LogP contribution in [0.4, 0.5) is 0 Å². The van der Waals surface area contributed by atoms with Gasteiger partial charge in [-0.15, -0.1) is 24.0 Å². The minimum absolute atomic E-state index is 0. The second-order valence-corrected chi connectivity index (χ2v) is 7.96. The number of halogens is 1. The molecule has 0 spiro atoms. The molecule has 2 N–H and O–H groups in total. The van der Waals surface area contributed by atoms with Crippen molar-refractivity contribution in [1.82, 2.24) is 25.3 Å². The quantitative estimate of drug-likeness (QED) is 0.210. The highest BCUT2D eigenvalue weighted by atomic mass is 127. The van der Waals surface area contributed by atoms with Crippen molar-refractivity contribution in [3.05, 3.63) is 0 Å². The zero-order chi connectivity index (χ0) is 19.4. The topological polar surface area (TPSA) is 46.1 Å². The van der Waals surface area contributed by atoms with E-state index in [-0.39, 0.29) is 24.0 Å². The highest BCUT2D eigenvalue weighted by Crippen LogP contribution is 2.05. The molecule has 0 aromatic carbocycles. The smallest absolute Gasteiger partial charge is 0.191 e. The molecule has 0 saturated carbocycles. The Balaban J connectivity index is 0.00000676. The molecule has 0 amide bonds. The molecule has 1 fully saturated rings. The molecular weight excluding hydrogens is 451 g/mol. The van der Waals surface area contributed by atoms with Crippen LogP contribution in [0.5, 0.6) is 0 Å². The van der Waals surface area contributed by atoms with Gasteiger partial charge < -0.3 is 20.4 Å². The number of rotatable bonds is 10. The third-order valence-corrected chi connectivity index (χ3v) is 5.05. The molecular formula is C20H45IN6. The fourth-order valence-corrected chi connectivity index (χ4v) is 3.55. The summed E-state index contributed by atoms with van der Waals surface area (Å²) in [6.45, 7) is 20.9. The SMILES string of the molecule is CCNC(=NCCCN(C(C)C)C(C)C)NCCN1CCCN(C)CC1.I. The van der Waals surface area contributed by atoms with Crippen LogP contribution in [0.3, 0.4) is 0 Å². The van der Waals surface area contributed by atoms with E-state index in [0.29, 0.717) is 12.1 Å². The maximum absolute atomic E-state index is 4.76. The minimum Gasteiger partial charge on any atom is -0.357 e. The Kier molecular flexibility index (Phi) is 15.7. The van der Waals surface area contributed by atoms with Gasteiger partial charge in [0, 0.05) is 57.9 Å². The Morgan fingerprint density at radius 1 is 1.04 bits per heavy atom. The van der Waals surface area contributed by atoms with Gasteiger partial charge in [0.1, 0.15) is 0 Å². The summed E-state index contributed by atoms with van der Waals surface area (Å²) in [6.07, 6.45) is 2.37. The first-order valence-electron chi connectivity index (χ1n) is 10.6. The molecule has 0 bridgehead atoms. The van der Waals surface area contributed by atoms with Gasteiger partial charge in [0.2, 0.25) is 0 Å². The first-order chi connectivity index (χ1) is 12.4. The van der Waals surface area contributed by atoms with E-state index in [2.05, 4.69) is 67.0 Å². The molecule has 7 heteroatoms. The molecule has 6 nitrogen and oxygen atoms in total. The number of hydrogen-bond acceptors (Lipinski definition) is 4. The molecule has 0 aromatic rings. The fraction of sp³-hybridized carbons (Fsp3) is 0.950. The summed E-state index contributed by atoms with van der Waals surface area (Å²) < 4.78 is 0. The average Bonchev–Trinajstić information content (AvgIpc) is 2.78. The first-order valence-corrected chi connectivity index (χ1v) is 10.6. The van der Waals surface area contributed by atoms with Gasteiger partial charge in [-0.05, 0) is 67.6 Å². The second kappa shape index (κ2) is 15.8. The lowest BCUT2D eigenvalue weighted by Crippen LogP contribution is -2.42. The fourth-order valence-electron chi connectivity index (χ4n) is 3.55. The lowest BCUT2D eigenvalue weighted by Gasteiger charge is -2.30. The lowest BCUT2D eigenvalue weighted by molar-refractivity contribution is 0.174. The van der Waals surface area contributed by atoms with E-state index >= 15 is 0 Å². The molecule has 1 aliphatic heterocycles. The van der Waals surface area contributed by atoms with Gasteiger partial charge in [-0.3, -0.25) is 9.89 Å². The molecule has 0 unspecified atom stereocenters. The van der Waals surface area contributed by atoms with Crippen LogP contribution < -0.4 is 10.6 Å². The number of hydrogen-bond donors (Lipinski definition) is 2. The van der Waals surface area contributed by atoms with Crippen molar-refractivity contribution in [3.8, 4) is 0 Å². The van der Waals surface area contributed by atoms with Crippen molar-refractivity contribution in [1.29, 1.82) is 0 Å². The maximum Gasteiger partial charge on any atom is 0.191 e. The molecule has 162 valence electrons. The van der Waals surface area contributed by atoms with Gasteiger partial charge in [-0.2, -0.15) is 0 Å². The number of guanidine groups is 1. The normalized spacial score (nSPS) is 17.3. The zero-order valence-electron chi connectivity index (χ0n) is 18.6. The highest BCUT2D eigenvalue weighted by Gasteiger charge is 2.13. The molecule has 0 atom stereocenters. The van der Waals surface area contributed by atoms with Gasteiger partial charge in [0.15, 0.2) is 5.96 Å². The van der Waals surface area contributed by atoms with Crippen LogP contribution >= 0.6 is 24.0 Å². The van der Waals surface area contributed by atoms with Crippen LogP contribution in [-0.2, 0) is 0 Å². The van der Waals surface area contributed by atoms with Crippen LogP contribution in [0.1, 0.15) is 47.5 Å². The maximum atomic E-state index is 4.76. The third-order valence-electron chi connectivity index (χ3n) is 5.05. The van der Waals surface area contributed by atoms with Gasteiger partial charge in [-0.25, -0.2) is 0 Å². The summed E-state index contributed by atoms with van der Waals surface area (Å²) in [6, 6.07) is 1.19. The standard InChI is InChI=1S/C20H44N6.HI/c1-7-21-20(22-10-8-14-26(18(2)3)19(4)5)23-11-15-25-13-9-12-24(6)16-17-25;/h18-19H,7-17H2,1-6H3,(H2,21,22,23);1H. The van der Waals surface area contributed by atoms with Crippen LogP contribution in [0, 0.1) is 0 Å². The Morgan fingerprint density at radius 2 is 1.74 bits per heavy atom. The molecule has 0 aliphatic carbocycles. The van der Waals surface area contributed by atoms with E-state index in [1.54, 1.807) is 0 Å². The largest absolute Gasteiger partial charge is 0.357 e. The average molecular weight is 497 g/mol. The van der Waals surface area contributed by atoms with Crippen LogP contribution in [0.2, 0.25) is 0 Å². The number of nitrogens with zero attached hydrogens (tertiary/aromatic N) is 4. The van der Waals surface area contributed by atoms with E-state index in [0.717, 1.165) is 45.1 Å². The summed E-state index contributed by atoms with van der Waals surface area (Å²) in [4.78, 5) is 12.3. The lowest BCUT2D eigenvalue weighted by atomic mass is 10.2. The summed E-state index contributed by atoms with van der Waals surface area (Å²) >= 11 is 0. The highest BCUT2D eigenvalue weighted by molar-refractivity contribution is 14.0. The minimum atomic E-state index is 0. The number of likely N-dealkylation sites (N-methyl/N-ethyl adjacent to an activating group) is 1. The summed E-state index contributed by atoms with van der Waals surface area (Å²) in [5.41, 5.74) is 0. The van der Waals surface area contributed by atoms with Crippen molar-refractivity contribution in [2.24, 2.45) is 4.99 Å². The summed E-state index contributed by atoms with van der Waals surface area (Å²) in [5.74, 6) is 0.958.